The third kappa shape index (κ3) is 8.35. The van der Waals surface area contributed by atoms with Gasteiger partial charge >= 0.3 is 5.97 Å². The summed E-state index contributed by atoms with van der Waals surface area (Å²) in [5.74, 6) is -3.72. The summed E-state index contributed by atoms with van der Waals surface area (Å²) >= 11 is 0. The van der Waals surface area contributed by atoms with Crippen molar-refractivity contribution in [1.82, 2.24) is 25.3 Å². The minimum atomic E-state index is -1.18. The predicted molar refractivity (Wildman–Crippen MR) is 161 cm³/mol. The summed E-state index contributed by atoms with van der Waals surface area (Å²) in [4.78, 5) is 85.1. The van der Waals surface area contributed by atoms with E-state index in [0.29, 0.717) is 19.3 Å². The first-order valence-corrected chi connectivity index (χ1v) is 15.4. The van der Waals surface area contributed by atoms with Crippen molar-refractivity contribution in [1.29, 1.82) is 0 Å². The van der Waals surface area contributed by atoms with Crippen molar-refractivity contribution in [2.45, 2.75) is 104 Å². The van der Waals surface area contributed by atoms with E-state index in [1.165, 1.54) is 27.8 Å². The molecule has 0 radical (unpaired) electrons. The molecule has 0 aromatic heterocycles. The zero-order valence-corrected chi connectivity index (χ0v) is 27.1. The second-order valence-electron chi connectivity index (χ2n) is 12.1. The molecule has 2 saturated heterocycles. The molecule has 2 aliphatic rings. The molecular formula is C31H51N5O7. The number of esters is 1. The zero-order valence-electron chi connectivity index (χ0n) is 27.1. The summed E-state index contributed by atoms with van der Waals surface area (Å²) in [5.41, 5.74) is 0. The van der Waals surface area contributed by atoms with E-state index in [-0.39, 0.29) is 43.7 Å². The number of amides is 5. The van der Waals surface area contributed by atoms with Crippen molar-refractivity contribution in [2.75, 3.05) is 27.2 Å². The zero-order chi connectivity index (χ0) is 32.6. The number of nitrogens with one attached hydrogen (secondary N) is 2. The lowest BCUT2D eigenvalue weighted by Crippen LogP contribution is -2.61. The first-order chi connectivity index (χ1) is 20.2. The van der Waals surface area contributed by atoms with Crippen molar-refractivity contribution in [2.24, 2.45) is 17.8 Å². The van der Waals surface area contributed by atoms with Crippen molar-refractivity contribution < 1.29 is 33.5 Å². The van der Waals surface area contributed by atoms with Crippen molar-refractivity contribution >= 4 is 35.5 Å². The fourth-order valence-electron chi connectivity index (χ4n) is 5.65. The Morgan fingerprint density at radius 3 is 2.14 bits per heavy atom. The van der Waals surface area contributed by atoms with Gasteiger partial charge in [0.2, 0.25) is 23.6 Å². The van der Waals surface area contributed by atoms with E-state index in [1.807, 2.05) is 34.6 Å². The predicted octanol–water partition coefficient (Wildman–Crippen LogP) is 1.48. The standard InChI is InChI=1S/C31H51N5O7/c1-10-13-22-29(40)36-17-15-20(6)25(36)28(39)33-24(18(4)11-2)30(41)35(9)26(19(5)12-3)31(42)34(8)21(7)27(38)32-16-14-23(37)43-22/h10,18-22,24-26H,1,11-17H2,2-9H3,(H,32,38)(H,33,39)/t18?,19?,20?,21?,22-,24?,25+,26?/m1/s1. The Morgan fingerprint density at radius 1 is 0.930 bits per heavy atom. The highest BCUT2D eigenvalue weighted by atomic mass is 16.5. The molecule has 12 heteroatoms. The molecule has 5 amide bonds. The quantitative estimate of drug-likeness (QED) is 0.345. The van der Waals surface area contributed by atoms with Crippen LogP contribution in [-0.2, 0) is 33.5 Å². The largest absolute Gasteiger partial charge is 0.452 e. The van der Waals surface area contributed by atoms with Crippen LogP contribution in [0, 0.1) is 17.8 Å². The normalized spacial score (nSPS) is 30.4. The molecule has 12 nitrogen and oxygen atoms in total. The number of likely N-dealkylation sites (N-methyl/N-ethyl adjacent to an activating group) is 2. The molecule has 0 aromatic carbocycles. The second-order valence-corrected chi connectivity index (χ2v) is 12.1. The number of ether oxygens (including phenoxy) is 1. The molecule has 2 fully saturated rings. The Balaban J connectivity index is 2.59. The molecule has 0 aliphatic carbocycles. The van der Waals surface area contributed by atoms with Crippen LogP contribution in [0.15, 0.2) is 12.7 Å². The van der Waals surface area contributed by atoms with Gasteiger partial charge in [-0.3, -0.25) is 28.8 Å². The molecule has 8 atom stereocenters. The third-order valence-corrected chi connectivity index (χ3v) is 9.10. The topological polar surface area (TPSA) is 145 Å². The van der Waals surface area contributed by atoms with Crippen LogP contribution in [0.1, 0.15) is 73.6 Å². The molecule has 2 aliphatic heterocycles. The fraction of sp³-hybridized carbons (Fsp3) is 0.742. The van der Waals surface area contributed by atoms with E-state index in [4.69, 9.17) is 4.74 Å². The summed E-state index contributed by atoms with van der Waals surface area (Å²) in [5, 5.41) is 5.58. The maximum Gasteiger partial charge on any atom is 0.308 e. The number of hydrogen-bond acceptors (Lipinski definition) is 7. The van der Waals surface area contributed by atoms with E-state index in [0.717, 1.165) is 0 Å². The van der Waals surface area contributed by atoms with Crippen LogP contribution in [0.2, 0.25) is 0 Å². The van der Waals surface area contributed by atoms with Crippen LogP contribution in [0.25, 0.3) is 0 Å². The molecule has 6 unspecified atom stereocenters. The van der Waals surface area contributed by atoms with Crippen molar-refractivity contribution in [3.05, 3.63) is 12.7 Å². The van der Waals surface area contributed by atoms with Gasteiger partial charge < -0.3 is 30.1 Å². The number of nitrogens with zero attached hydrogens (tertiary/aromatic N) is 3. The maximum absolute atomic E-state index is 14.1. The van der Waals surface area contributed by atoms with Gasteiger partial charge in [-0.2, -0.15) is 0 Å². The molecule has 43 heavy (non-hydrogen) atoms. The Bertz CT molecular complexity index is 1070. The summed E-state index contributed by atoms with van der Waals surface area (Å²) in [6.45, 7) is 14.9. The average Bonchev–Trinajstić information content (AvgIpc) is 3.37. The minimum Gasteiger partial charge on any atom is -0.452 e. The fourth-order valence-corrected chi connectivity index (χ4v) is 5.65. The van der Waals surface area contributed by atoms with Gasteiger partial charge in [-0.05, 0) is 31.1 Å². The molecular weight excluding hydrogens is 554 g/mol. The van der Waals surface area contributed by atoms with E-state index in [1.54, 1.807) is 14.0 Å². The lowest BCUT2D eigenvalue weighted by atomic mass is 9.92. The van der Waals surface area contributed by atoms with Crippen LogP contribution in [0.5, 0.6) is 0 Å². The van der Waals surface area contributed by atoms with Gasteiger partial charge in [0.1, 0.15) is 24.2 Å². The van der Waals surface area contributed by atoms with Gasteiger partial charge in [-0.25, -0.2) is 0 Å². The Hall–Kier alpha value is -3.44. The van der Waals surface area contributed by atoms with Crippen LogP contribution in [0.4, 0.5) is 0 Å². The lowest BCUT2D eigenvalue weighted by molar-refractivity contribution is -0.161. The highest BCUT2D eigenvalue weighted by Gasteiger charge is 2.45. The van der Waals surface area contributed by atoms with E-state index >= 15 is 0 Å². The highest BCUT2D eigenvalue weighted by Crippen LogP contribution is 2.27. The first-order valence-electron chi connectivity index (χ1n) is 15.4. The van der Waals surface area contributed by atoms with Crippen LogP contribution >= 0.6 is 0 Å². The van der Waals surface area contributed by atoms with Crippen LogP contribution < -0.4 is 10.6 Å². The Kier molecular flexibility index (Phi) is 13.2. The lowest BCUT2D eigenvalue weighted by Gasteiger charge is -2.39. The van der Waals surface area contributed by atoms with E-state index in [9.17, 15) is 28.8 Å². The Labute approximate surface area is 255 Å². The number of cyclic esters (lactones) is 1. The number of fused-ring (bicyclic) bond motifs is 1. The van der Waals surface area contributed by atoms with Gasteiger partial charge in [-0.1, -0.05) is 53.5 Å². The molecule has 2 N–H and O–H groups in total. The number of carbonyl (C=O) groups is 6. The molecule has 2 rings (SSSR count). The monoisotopic (exact) mass is 605 g/mol. The van der Waals surface area contributed by atoms with Gasteiger partial charge in [0.05, 0.1) is 6.42 Å². The van der Waals surface area contributed by atoms with Crippen molar-refractivity contribution in [3.63, 3.8) is 0 Å². The van der Waals surface area contributed by atoms with E-state index < -0.39 is 65.8 Å². The summed E-state index contributed by atoms with van der Waals surface area (Å²) < 4.78 is 5.50. The highest BCUT2D eigenvalue weighted by molar-refractivity contribution is 5.96. The van der Waals surface area contributed by atoms with Crippen LogP contribution in [0.3, 0.4) is 0 Å². The molecule has 0 aromatic rings. The Morgan fingerprint density at radius 2 is 1.56 bits per heavy atom. The van der Waals surface area contributed by atoms with Gasteiger partial charge in [0.15, 0.2) is 6.10 Å². The molecule has 0 saturated carbocycles. The number of carbonyl (C=O) groups excluding carboxylic acids is 6. The van der Waals surface area contributed by atoms with Gasteiger partial charge in [0, 0.05) is 33.6 Å². The van der Waals surface area contributed by atoms with Crippen LogP contribution in [-0.4, -0.2) is 108 Å². The molecule has 242 valence electrons. The average molecular weight is 606 g/mol. The SMILES string of the molecule is C=CC[C@H]1OC(=O)CCNC(=O)C(C)N(C)C(=O)C(C(C)CC)N(C)C(=O)C(C(C)CC)NC(=O)[C@@H]2C(C)CCN2C1=O. The minimum absolute atomic E-state index is 0.0515. The van der Waals surface area contributed by atoms with Gasteiger partial charge in [-0.15, -0.1) is 6.58 Å². The first kappa shape index (κ1) is 35.8. The molecule has 0 spiro atoms. The molecule has 2 heterocycles. The van der Waals surface area contributed by atoms with Crippen molar-refractivity contribution in [3.8, 4) is 0 Å². The number of rotatable bonds is 6. The summed E-state index contributed by atoms with van der Waals surface area (Å²) in [6, 6.07) is -3.61. The van der Waals surface area contributed by atoms with E-state index in [2.05, 4.69) is 17.2 Å². The second kappa shape index (κ2) is 15.9. The smallest absolute Gasteiger partial charge is 0.308 e. The molecule has 0 bridgehead atoms. The third-order valence-electron chi connectivity index (χ3n) is 9.10. The van der Waals surface area contributed by atoms with Gasteiger partial charge in [0.25, 0.3) is 5.91 Å². The number of hydrogen-bond donors (Lipinski definition) is 2. The summed E-state index contributed by atoms with van der Waals surface area (Å²) in [6.07, 6.45) is 1.87. The maximum atomic E-state index is 14.1. The summed E-state index contributed by atoms with van der Waals surface area (Å²) in [7, 11) is 3.06.